The highest BCUT2D eigenvalue weighted by atomic mass is 16.6. The van der Waals surface area contributed by atoms with Crippen LogP contribution in [-0.4, -0.2) is 54.6 Å². The van der Waals surface area contributed by atoms with Gasteiger partial charge in [0, 0.05) is 18.5 Å². The Bertz CT molecular complexity index is 784. The molecule has 112 valence electrons. The average Bonchev–Trinajstić information content (AvgIpc) is 2.74. The van der Waals surface area contributed by atoms with E-state index < -0.39 is 42.1 Å². The van der Waals surface area contributed by atoms with Crippen LogP contribution in [0.4, 0.5) is 0 Å². The molecule has 2 aromatic heterocycles. The van der Waals surface area contributed by atoms with Gasteiger partial charge in [-0.1, -0.05) is 0 Å². The molecule has 0 saturated carbocycles. The number of H-pyrrole nitrogens is 1. The number of aromatic nitrogens is 3. The van der Waals surface area contributed by atoms with Crippen LogP contribution < -0.4 is 11.1 Å². The van der Waals surface area contributed by atoms with Gasteiger partial charge in [0.1, 0.15) is 24.4 Å². The molecule has 0 amide bonds. The lowest BCUT2D eigenvalue weighted by atomic mass is 10.0. The van der Waals surface area contributed by atoms with Crippen LogP contribution in [0.15, 0.2) is 28.0 Å². The molecule has 9 heteroatoms. The van der Waals surface area contributed by atoms with Gasteiger partial charge < -0.3 is 20.1 Å². The van der Waals surface area contributed by atoms with Crippen LogP contribution in [0.25, 0.3) is 5.78 Å². The number of ether oxygens (including phenoxy) is 1. The molecule has 9 nitrogen and oxygen atoms in total. The summed E-state index contributed by atoms with van der Waals surface area (Å²) in [6.07, 6.45) is -1.94. The number of aliphatic hydroxyl groups is 3. The predicted octanol–water partition coefficient (Wildman–Crippen LogP) is -2.46. The summed E-state index contributed by atoms with van der Waals surface area (Å²) < 4.78 is 6.70. The van der Waals surface area contributed by atoms with Gasteiger partial charge in [0.25, 0.3) is 11.1 Å². The molecule has 0 aliphatic carbocycles. The largest absolute Gasteiger partial charge is 0.394 e. The molecule has 3 rings (SSSR count). The zero-order valence-corrected chi connectivity index (χ0v) is 10.7. The van der Waals surface area contributed by atoms with Gasteiger partial charge in [0.15, 0.2) is 0 Å². The van der Waals surface area contributed by atoms with Gasteiger partial charge in [-0.3, -0.25) is 19.0 Å². The van der Waals surface area contributed by atoms with Crippen LogP contribution in [0, 0.1) is 0 Å². The maximum atomic E-state index is 12.0. The molecule has 0 radical (unpaired) electrons. The van der Waals surface area contributed by atoms with Crippen molar-refractivity contribution in [3.8, 4) is 0 Å². The van der Waals surface area contributed by atoms with Crippen molar-refractivity contribution >= 4 is 5.78 Å². The lowest BCUT2D eigenvalue weighted by Gasteiger charge is -2.14. The Labute approximate surface area is 117 Å². The van der Waals surface area contributed by atoms with Gasteiger partial charge in [0.2, 0.25) is 5.78 Å². The first-order chi connectivity index (χ1) is 10.0. The van der Waals surface area contributed by atoms with Crippen LogP contribution in [0.1, 0.15) is 11.7 Å². The minimum atomic E-state index is -1.35. The van der Waals surface area contributed by atoms with Gasteiger partial charge in [0.05, 0.1) is 12.2 Å². The third-order valence-corrected chi connectivity index (χ3v) is 3.45. The third kappa shape index (κ3) is 2.25. The molecule has 3 heterocycles. The zero-order chi connectivity index (χ0) is 15.1. The number of nitrogens with one attached hydrogen (secondary N) is 1. The fourth-order valence-corrected chi connectivity index (χ4v) is 2.34. The summed E-state index contributed by atoms with van der Waals surface area (Å²) in [5.41, 5.74) is -1.06. The Hall–Kier alpha value is -2.07. The summed E-state index contributed by atoms with van der Waals surface area (Å²) in [6.45, 7) is -0.482. The fourth-order valence-electron chi connectivity index (χ4n) is 2.34. The molecule has 21 heavy (non-hydrogen) atoms. The summed E-state index contributed by atoms with van der Waals surface area (Å²) in [5.74, 6) is 0.0583. The number of aliphatic hydroxyl groups excluding tert-OH is 3. The average molecular weight is 295 g/mol. The molecule has 1 fully saturated rings. The standard InChI is InChI=1S/C12H13N3O6/c16-4-6-8(18)9(19)10(21-6)5-3-15-2-1-7(17)13-12(15)14-11(5)20/h1-3,6,8-10,16,18-19H,4H2,(H,13,14,17,20). The van der Waals surface area contributed by atoms with Gasteiger partial charge in [-0.25, -0.2) is 0 Å². The van der Waals surface area contributed by atoms with E-state index in [4.69, 9.17) is 9.84 Å². The van der Waals surface area contributed by atoms with Gasteiger partial charge >= 0.3 is 0 Å². The van der Waals surface area contributed by atoms with Crippen molar-refractivity contribution in [2.45, 2.75) is 24.4 Å². The second-order valence-corrected chi connectivity index (χ2v) is 4.80. The van der Waals surface area contributed by atoms with Gasteiger partial charge in [-0.05, 0) is 0 Å². The molecular weight excluding hydrogens is 282 g/mol. The highest BCUT2D eigenvalue weighted by Gasteiger charge is 2.44. The lowest BCUT2D eigenvalue weighted by Crippen LogP contribution is -2.33. The van der Waals surface area contributed by atoms with E-state index in [1.165, 1.54) is 22.9 Å². The number of aromatic amines is 1. The van der Waals surface area contributed by atoms with Crippen molar-refractivity contribution in [2.24, 2.45) is 0 Å². The molecule has 4 N–H and O–H groups in total. The van der Waals surface area contributed by atoms with Crippen molar-refractivity contribution in [2.75, 3.05) is 6.61 Å². The van der Waals surface area contributed by atoms with E-state index in [9.17, 15) is 19.8 Å². The Balaban J connectivity index is 2.09. The van der Waals surface area contributed by atoms with E-state index in [0.29, 0.717) is 0 Å². The maximum Gasteiger partial charge on any atom is 0.280 e. The third-order valence-electron chi connectivity index (χ3n) is 3.45. The monoisotopic (exact) mass is 295 g/mol. The first-order valence-corrected chi connectivity index (χ1v) is 6.26. The summed E-state index contributed by atoms with van der Waals surface area (Å²) in [6, 6.07) is 1.25. The summed E-state index contributed by atoms with van der Waals surface area (Å²) in [4.78, 5) is 29.3. The van der Waals surface area contributed by atoms with Gasteiger partial charge in [-0.15, -0.1) is 0 Å². The molecule has 1 aliphatic heterocycles. The lowest BCUT2D eigenvalue weighted by molar-refractivity contribution is -0.0232. The first kappa shape index (κ1) is 13.9. The van der Waals surface area contributed by atoms with Gasteiger partial charge in [-0.2, -0.15) is 4.98 Å². The second kappa shape index (κ2) is 5.04. The quantitative estimate of drug-likeness (QED) is 0.482. The molecular formula is C12H13N3O6. The summed E-state index contributed by atoms with van der Waals surface area (Å²) >= 11 is 0. The number of fused-ring (bicyclic) bond motifs is 1. The van der Waals surface area contributed by atoms with Crippen molar-refractivity contribution in [1.29, 1.82) is 0 Å². The molecule has 0 bridgehead atoms. The summed E-state index contributed by atoms with van der Waals surface area (Å²) in [7, 11) is 0. The van der Waals surface area contributed by atoms with E-state index in [1.54, 1.807) is 0 Å². The van der Waals surface area contributed by atoms with E-state index >= 15 is 0 Å². The van der Waals surface area contributed by atoms with Crippen molar-refractivity contribution in [3.05, 3.63) is 44.7 Å². The number of hydrogen-bond acceptors (Lipinski definition) is 7. The Kier molecular flexibility index (Phi) is 3.33. The van der Waals surface area contributed by atoms with Crippen LogP contribution in [0.3, 0.4) is 0 Å². The molecule has 1 aliphatic rings. The first-order valence-electron chi connectivity index (χ1n) is 6.26. The number of hydrogen-bond donors (Lipinski definition) is 4. The van der Waals surface area contributed by atoms with Crippen LogP contribution in [-0.2, 0) is 4.74 Å². The SMILES string of the molecule is O=c1ccn2cc(C3OC(CO)C(O)C3O)c(=O)nc2[nH]1. The smallest absolute Gasteiger partial charge is 0.280 e. The van der Waals surface area contributed by atoms with E-state index in [-0.39, 0.29) is 11.3 Å². The highest BCUT2D eigenvalue weighted by molar-refractivity contribution is 5.29. The molecule has 0 spiro atoms. The second-order valence-electron chi connectivity index (χ2n) is 4.80. The van der Waals surface area contributed by atoms with Crippen LogP contribution >= 0.6 is 0 Å². The molecule has 4 unspecified atom stereocenters. The predicted molar refractivity (Wildman–Crippen MR) is 68.8 cm³/mol. The highest BCUT2D eigenvalue weighted by Crippen LogP contribution is 2.31. The van der Waals surface area contributed by atoms with E-state index in [1.807, 2.05) is 0 Å². The number of rotatable bonds is 2. The fraction of sp³-hybridized carbons (Fsp3) is 0.417. The van der Waals surface area contributed by atoms with Crippen molar-refractivity contribution < 1.29 is 20.1 Å². The topological polar surface area (TPSA) is 137 Å². The van der Waals surface area contributed by atoms with Crippen molar-refractivity contribution in [3.63, 3.8) is 0 Å². The minimum absolute atomic E-state index is 0.0297. The van der Waals surface area contributed by atoms with Crippen LogP contribution in [0.2, 0.25) is 0 Å². The molecule has 0 aromatic carbocycles. The minimum Gasteiger partial charge on any atom is -0.394 e. The van der Waals surface area contributed by atoms with Crippen LogP contribution in [0.5, 0.6) is 0 Å². The zero-order valence-electron chi connectivity index (χ0n) is 10.7. The van der Waals surface area contributed by atoms with E-state index in [2.05, 4.69) is 9.97 Å². The Morgan fingerprint density at radius 2 is 2.10 bits per heavy atom. The maximum absolute atomic E-state index is 12.0. The molecule has 2 aromatic rings. The normalized spacial score (nSPS) is 29.1. The van der Waals surface area contributed by atoms with Crippen molar-refractivity contribution in [1.82, 2.24) is 14.4 Å². The molecule has 4 atom stereocenters. The Morgan fingerprint density at radius 3 is 2.76 bits per heavy atom. The Morgan fingerprint density at radius 1 is 1.33 bits per heavy atom. The molecule has 1 saturated heterocycles. The summed E-state index contributed by atoms with van der Waals surface area (Å²) in [5, 5.41) is 28.7. The van der Waals surface area contributed by atoms with E-state index in [0.717, 1.165) is 0 Å². The number of nitrogens with zero attached hydrogens (tertiary/aromatic N) is 2.